The fourth-order valence-corrected chi connectivity index (χ4v) is 1.82. The SMILES string of the molecule is CCCOCCCNC(=O)Nc1ccc(Cl)cc1C(F)(F)F. The van der Waals surface area contributed by atoms with Gasteiger partial charge < -0.3 is 15.4 Å². The fraction of sp³-hybridized carbons (Fsp3) is 0.500. The molecule has 0 saturated heterocycles. The molecule has 0 bridgehead atoms. The molecule has 0 atom stereocenters. The van der Waals surface area contributed by atoms with Crippen molar-refractivity contribution in [1.29, 1.82) is 0 Å². The standard InChI is InChI=1S/C14H18ClF3N2O2/c1-2-7-22-8-3-6-19-13(21)20-12-5-4-10(15)9-11(12)14(16,17)18/h4-5,9H,2-3,6-8H2,1H3,(H2,19,20,21). The number of ether oxygens (including phenoxy) is 1. The number of hydrogen-bond acceptors (Lipinski definition) is 2. The first-order valence-electron chi connectivity index (χ1n) is 6.84. The van der Waals surface area contributed by atoms with Gasteiger partial charge in [0.1, 0.15) is 0 Å². The number of urea groups is 1. The van der Waals surface area contributed by atoms with Crippen molar-refractivity contribution in [1.82, 2.24) is 5.32 Å². The molecule has 0 aromatic heterocycles. The third kappa shape index (κ3) is 6.53. The average molecular weight is 339 g/mol. The van der Waals surface area contributed by atoms with Crippen LogP contribution in [-0.4, -0.2) is 25.8 Å². The number of alkyl halides is 3. The fourth-order valence-electron chi connectivity index (χ4n) is 1.65. The topological polar surface area (TPSA) is 50.4 Å². The number of nitrogens with one attached hydrogen (secondary N) is 2. The van der Waals surface area contributed by atoms with E-state index >= 15 is 0 Å². The lowest BCUT2D eigenvalue weighted by Crippen LogP contribution is -2.31. The number of halogens is 4. The highest BCUT2D eigenvalue weighted by Crippen LogP contribution is 2.36. The maximum atomic E-state index is 12.9. The van der Waals surface area contributed by atoms with Gasteiger partial charge in [0.25, 0.3) is 0 Å². The van der Waals surface area contributed by atoms with Crippen molar-refractivity contribution in [3.8, 4) is 0 Å². The number of rotatable bonds is 7. The van der Waals surface area contributed by atoms with Crippen molar-refractivity contribution in [3.63, 3.8) is 0 Å². The molecule has 0 saturated carbocycles. The summed E-state index contributed by atoms with van der Waals surface area (Å²) < 4.78 is 43.8. The molecule has 22 heavy (non-hydrogen) atoms. The summed E-state index contributed by atoms with van der Waals surface area (Å²) in [5.74, 6) is 0. The second kappa shape index (κ2) is 8.85. The van der Waals surface area contributed by atoms with E-state index in [2.05, 4.69) is 10.6 Å². The van der Waals surface area contributed by atoms with Crippen molar-refractivity contribution in [3.05, 3.63) is 28.8 Å². The van der Waals surface area contributed by atoms with Crippen LogP contribution in [0.15, 0.2) is 18.2 Å². The minimum atomic E-state index is -4.60. The average Bonchev–Trinajstić information content (AvgIpc) is 2.43. The van der Waals surface area contributed by atoms with Crippen molar-refractivity contribution in [2.24, 2.45) is 0 Å². The molecule has 1 aromatic rings. The Kier molecular flexibility index (Phi) is 7.47. The van der Waals surface area contributed by atoms with Gasteiger partial charge in [0.15, 0.2) is 0 Å². The highest BCUT2D eigenvalue weighted by atomic mass is 35.5. The van der Waals surface area contributed by atoms with Crippen molar-refractivity contribution >= 4 is 23.3 Å². The van der Waals surface area contributed by atoms with Gasteiger partial charge in [-0.3, -0.25) is 0 Å². The minimum Gasteiger partial charge on any atom is -0.381 e. The van der Waals surface area contributed by atoms with Gasteiger partial charge in [-0.1, -0.05) is 18.5 Å². The molecule has 124 valence electrons. The zero-order valence-corrected chi connectivity index (χ0v) is 12.9. The third-order valence-electron chi connectivity index (χ3n) is 2.63. The Labute approximate surface area is 132 Å². The highest BCUT2D eigenvalue weighted by Gasteiger charge is 2.34. The van der Waals surface area contributed by atoms with E-state index in [0.717, 1.165) is 18.6 Å². The predicted octanol–water partition coefficient (Wildman–Crippen LogP) is 4.30. The Morgan fingerprint density at radius 1 is 1.32 bits per heavy atom. The van der Waals surface area contributed by atoms with Crippen LogP contribution in [0.2, 0.25) is 5.02 Å². The first-order valence-corrected chi connectivity index (χ1v) is 7.21. The molecule has 1 rings (SSSR count). The van der Waals surface area contributed by atoms with Crippen LogP contribution in [0.4, 0.5) is 23.7 Å². The smallest absolute Gasteiger partial charge is 0.381 e. The van der Waals surface area contributed by atoms with Crippen LogP contribution in [-0.2, 0) is 10.9 Å². The van der Waals surface area contributed by atoms with Crippen LogP contribution in [0.1, 0.15) is 25.3 Å². The molecule has 2 amide bonds. The summed E-state index contributed by atoms with van der Waals surface area (Å²) in [6, 6.07) is 2.47. The monoisotopic (exact) mass is 338 g/mol. The molecule has 4 nitrogen and oxygen atoms in total. The second-order valence-electron chi connectivity index (χ2n) is 4.53. The quantitative estimate of drug-likeness (QED) is 0.728. The van der Waals surface area contributed by atoms with Crippen LogP contribution < -0.4 is 10.6 Å². The van der Waals surface area contributed by atoms with E-state index in [4.69, 9.17) is 16.3 Å². The van der Waals surface area contributed by atoms with Crippen LogP contribution >= 0.6 is 11.6 Å². The molecule has 0 radical (unpaired) electrons. The number of hydrogen-bond donors (Lipinski definition) is 2. The van der Waals surface area contributed by atoms with Crippen molar-refractivity contribution in [2.45, 2.75) is 25.9 Å². The Balaban J connectivity index is 2.51. The molecule has 2 N–H and O–H groups in total. The number of amides is 2. The number of carbonyl (C=O) groups is 1. The lowest BCUT2D eigenvalue weighted by Gasteiger charge is -2.14. The van der Waals surface area contributed by atoms with Gasteiger partial charge in [0.05, 0.1) is 11.3 Å². The van der Waals surface area contributed by atoms with E-state index in [0.29, 0.717) is 26.2 Å². The first-order chi connectivity index (χ1) is 10.3. The Hall–Kier alpha value is -1.47. The first kappa shape index (κ1) is 18.6. The summed E-state index contributed by atoms with van der Waals surface area (Å²) >= 11 is 5.56. The number of benzene rings is 1. The van der Waals surface area contributed by atoms with E-state index in [1.54, 1.807) is 0 Å². The normalized spacial score (nSPS) is 11.3. The van der Waals surface area contributed by atoms with Gasteiger partial charge in [-0.25, -0.2) is 4.79 Å². The second-order valence-corrected chi connectivity index (χ2v) is 4.97. The largest absolute Gasteiger partial charge is 0.418 e. The molecule has 0 unspecified atom stereocenters. The summed E-state index contributed by atoms with van der Waals surface area (Å²) in [7, 11) is 0. The van der Waals surface area contributed by atoms with Gasteiger partial charge in [0.2, 0.25) is 0 Å². The summed E-state index contributed by atoms with van der Waals surface area (Å²) in [6.07, 6.45) is -3.10. The van der Waals surface area contributed by atoms with Gasteiger partial charge in [-0.2, -0.15) is 13.2 Å². The summed E-state index contributed by atoms with van der Waals surface area (Å²) in [5, 5.41) is 4.60. The maximum absolute atomic E-state index is 12.9. The van der Waals surface area contributed by atoms with Gasteiger partial charge >= 0.3 is 12.2 Å². The summed E-state index contributed by atoms with van der Waals surface area (Å²) in [4.78, 5) is 11.6. The van der Waals surface area contributed by atoms with Gasteiger partial charge in [0, 0.05) is 24.8 Å². The number of carbonyl (C=O) groups excluding carboxylic acids is 1. The van der Waals surface area contributed by atoms with E-state index in [1.807, 2.05) is 6.92 Å². The Morgan fingerprint density at radius 2 is 2.05 bits per heavy atom. The van der Waals surface area contributed by atoms with Crippen LogP contribution in [0.3, 0.4) is 0 Å². The molecule has 0 aliphatic heterocycles. The highest BCUT2D eigenvalue weighted by molar-refractivity contribution is 6.30. The molecular weight excluding hydrogens is 321 g/mol. The zero-order chi connectivity index (χ0) is 16.6. The number of anilines is 1. The van der Waals surface area contributed by atoms with E-state index in [9.17, 15) is 18.0 Å². The third-order valence-corrected chi connectivity index (χ3v) is 2.87. The van der Waals surface area contributed by atoms with Crippen molar-refractivity contribution < 1.29 is 22.7 Å². The summed E-state index contributed by atoms with van der Waals surface area (Å²) in [6.45, 7) is 3.43. The Morgan fingerprint density at radius 3 is 2.68 bits per heavy atom. The Bertz CT molecular complexity index is 495. The molecule has 0 aliphatic carbocycles. The maximum Gasteiger partial charge on any atom is 0.418 e. The lowest BCUT2D eigenvalue weighted by molar-refractivity contribution is -0.136. The van der Waals surface area contributed by atoms with Crippen LogP contribution in [0, 0.1) is 0 Å². The molecule has 0 heterocycles. The van der Waals surface area contributed by atoms with Gasteiger partial charge in [-0.05, 0) is 31.0 Å². The van der Waals surface area contributed by atoms with Gasteiger partial charge in [-0.15, -0.1) is 0 Å². The zero-order valence-electron chi connectivity index (χ0n) is 12.1. The summed E-state index contributed by atoms with van der Waals surface area (Å²) in [5.41, 5.74) is -1.32. The molecule has 0 spiro atoms. The molecule has 8 heteroatoms. The van der Waals surface area contributed by atoms with Crippen LogP contribution in [0.25, 0.3) is 0 Å². The molecular formula is C14H18ClF3N2O2. The molecule has 1 aromatic carbocycles. The lowest BCUT2D eigenvalue weighted by atomic mass is 10.1. The van der Waals surface area contributed by atoms with E-state index < -0.39 is 17.8 Å². The van der Waals surface area contributed by atoms with E-state index in [1.165, 1.54) is 6.07 Å². The minimum absolute atomic E-state index is 0.0497. The van der Waals surface area contributed by atoms with E-state index in [-0.39, 0.29) is 10.7 Å². The van der Waals surface area contributed by atoms with Crippen LogP contribution in [0.5, 0.6) is 0 Å². The molecule has 0 fully saturated rings. The predicted molar refractivity (Wildman–Crippen MR) is 79.2 cm³/mol. The molecule has 0 aliphatic rings. The van der Waals surface area contributed by atoms with Crippen molar-refractivity contribution in [2.75, 3.05) is 25.1 Å².